The summed E-state index contributed by atoms with van der Waals surface area (Å²) in [5.41, 5.74) is 0.669. The lowest BCUT2D eigenvalue weighted by Gasteiger charge is -2.18. The van der Waals surface area contributed by atoms with Gasteiger partial charge in [-0.2, -0.15) is 0 Å². The number of thioether (sulfide) groups is 1. The molecule has 1 aromatic heterocycles. The Kier molecular flexibility index (Phi) is 5.43. The number of halogens is 2. The molecule has 0 spiro atoms. The first kappa shape index (κ1) is 19.0. The van der Waals surface area contributed by atoms with E-state index in [1.165, 1.54) is 13.0 Å². The van der Waals surface area contributed by atoms with Crippen molar-refractivity contribution in [1.29, 1.82) is 0 Å². The van der Waals surface area contributed by atoms with Crippen molar-refractivity contribution in [2.45, 2.75) is 13.0 Å². The number of nitrogens with zero attached hydrogens (tertiary/aromatic N) is 1. The van der Waals surface area contributed by atoms with Gasteiger partial charge < -0.3 is 9.52 Å². The van der Waals surface area contributed by atoms with Crippen molar-refractivity contribution in [3.05, 3.63) is 51.0 Å². The summed E-state index contributed by atoms with van der Waals surface area (Å²) in [5.74, 6) is -0.639. The zero-order chi connectivity index (χ0) is 19.0. The van der Waals surface area contributed by atoms with Gasteiger partial charge in [-0.05, 0) is 37.3 Å². The molecule has 0 unspecified atom stereocenters. The Labute approximate surface area is 168 Å². The predicted octanol–water partition coefficient (Wildman–Crippen LogP) is 4.93. The summed E-state index contributed by atoms with van der Waals surface area (Å²) in [6, 6.07) is 7.42. The highest BCUT2D eigenvalue weighted by molar-refractivity contribution is 8.26. The van der Waals surface area contributed by atoms with Gasteiger partial charge in [-0.3, -0.25) is 9.69 Å². The molecule has 1 amide bonds. The minimum Gasteiger partial charge on any atom is -0.480 e. The highest BCUT2D eigenvalue weighted by atomic mass is 35.5. The molecule has 1 aliphatic heterocycles. The predicted molar refractivity (Wildman–Crippen MR) is 106 cm³/mol. The van der Waals surface area contributed by atoms with Crippen molar-refractivity contribution >= 4 is 69.5 Å². The topological polar surface area (TPSA) is 70.8 Å². The summed E-state index contributed by atoms with van der Waals surface area (Å²) >= 11 is 18.2. The standard InChI is InChI=1S/C17H11Cl2NO4S2/c1-8(16(22)23)20-15(21)14(26-17(20)25)7-10-3-5-13(24-10)11-4-2-9(18)6-12(11)19/h2-8H,1H3,(H,22,23)/b14-7+/t8-/m0/s1. The van der Waals surface area contributed by atoms with Crippen molar-refractivity contribution in [2.24, 2.45) is 0 Å². The molecule has 3 rings (SSSR count). The second-order valence-corrected chi connectivity index (χ2v) is 7.91. The number of hydrogen-bond donors (Lipinski definition) is 1. The van der Waals surface area contributed by atoms with E-state index < -0.39 is 17.9 Å². The van der Waals surface area contributed by atoms with Gasteiger partial charge in [0, 0.05) is 16.7 Å². The van der Waals surface area contributed by atoms with Crippen LogP contribution in [0.3, 0.4) is 0 Å². The molecule has 2 aromatic rings. The number of aliphatic carboxylic acids is 1. The smallest absolute Gasteiger partial charge is 0.326 e. The summed E-state index contributed by atoms with van der Waals surface area (Å²) in [6.45, 7) is 1.41. The van der Waals surface area contributed by atoms with E-state index in [9.17, 15) is 9.59 Å². The van der Waals surface area contributed by atoms with Crippen LogP contribution in [0.4, 0.5) is 0 Å². The molecular formula is C17H11Cl2NO4S2. The Balaban J connectivity index is 1.88. The van der Waals surface area contributed by atoms with E-state index in [4.69, 9.17) is 44.9 Å². The maximum atomic E-state index is 12.4. The molecule has 5 nitrogen and oxygen atoms in total. The summed E-state index contributed by atoms with van der Waals surface area (Å²) in [5, 5.41) is 10.1. The summed E-state index contributed by atoms with van der Waals surface area (Å²) in [7, 11) is 0. The van der Waals surface area contributed by atoms with Gasteiger partial charge in [0.15, 0.2) is 0 Å². The van der Waals surface area contributed by atoms with Crippen molar-refractivity contribution in [3.8, 4) is 11.3 Å². The molecule has 2 heterocycles. The fourth-order valence-corrected chi connectivity index (χ4v) is 4.22. The quantitative estimate of drug-likeness (QED) is 0.550. The van der Waals surface area contributed by atoms with Gasteiger partial charge in [-0.15, -0.1) is 0 Å². The van der Waals surface area contributed by atoms with Gasteiger partial charge in [0.05, 0.1) is 9.93 Å². The van der Waals surface area contributed by atoms with Crippen LogP contribution in [0.2, 0.25) is 10.0 Å². The Bertz CT molecular complexity index is 954. The van der Waals surface area contributed by atoms with Crippen LogP contribution in [-0.4, -0.2) is 32.2 Å². The van der Waals surface area contributed by atoms with E-state index in [-0.39, 0.29) is 4.32 Å². The number of furan rings is 1. The Hall–Kier alpha value is -1.80. The van der Waals surface area contributed by atoms with Gasteiger partial charge in [0.25, 0.3) is 5.91 Å². The summed E-state index contributed by atoms with van der Waals surface area (Å²) in [4.78, 5) is 25.0. The van der Waals surface area contributed by atoms with Gasteiger partial charge in [0.1, 0.15) is 21.9 Å². The molecule has 1 saturated heterocycles. The lowest BCUT2D eigenvalue weighted by Crippen LogP contribution is -2.41. The fraction of sp³-hybridized carbons (Fsp3) is 0.118. The molecule has 1 aliphatic rings. The number of carbonyl (C=O) groups excluding carboxylic acids is 1. The molecule has 26 heavy (non-hydrogen) atoms. The SMILES string of the molecule is C[C@@H](C(=O)O)N1C(=O)/C(=C\c2ccc(-c3ccc(Cl)cc3Cl)o2)SC1=S. The highest BCUT2D eigenvalue weighted by Crippen LogP contribution is 2.36. The van der Waals surface area contributed by atoms with Gasteiger partial charge >= 0.3 is 5.97 Å². The molecule has 134 valence electrons. The van der Waals surface area contributed by atoms with E-state index in [0.717, 1.165) is 16.7 Å². The first-order valence-corrected chi connectivity index (χ1v) is 9.31. The average Bonchev–Trinajstić information content (AvgIpc) is 3.12. The molecular weight excluding hydrogens is 417 g/mol. The van der Waals surface area contributed by atoms with Gasteiger partial charge in [-0.1, -0.05) is 47.2 Å². The third-order valence-electron chi connectivity index (χ3n) is 3.66. The van der Waals surface area contributed by atoms with E-state index in [1.807, 2.05) is 0 Å². The van der Waals surface area contributed by atoms with Crippen LogP contribution in [0.1, 0.15) is 12.7 Å². The Morgan fingerprint density at radius 2 is 2.08 bits per heavy atom. The molecule has 0 bridgehead atoms. The minimum atomic E-state index is -1.12. The second-order valence-electron chi connectivity index (χ2n) is 5.39. The van der Waals surface area contributed by atoms with Crippen LogP contribution in [0.25, 0.3) is 17.4 Å². The third kappa shape index (κ3) is 3.66. The third-order valence-corrected chi connectivity index (χ3v) is 5.54. The molecule has 1 N–H and O–H groups in total. The van der Waals surface area contributed by atoms with Crippen molar-refractivity contribution in [3.63, 3.8) is 0 Å². The molecule has 1 atom stereocenters. The molecule has 0 saturated carbocycles. The van der Waals surface area contributed by atoms with Crippen molar-refractivity contribution < 1.29 is 19.1 Å². The maximum Gasteiger partial charge on any atom is 0.326 e. The minimum absolute atomic E-state index is 0.198. The Morgan fingerprint density at radius 3 is 2.73 bits per heavy atom. The zero-order valence-electron chi connectivity index (χ0n) is 13.2. The fourth-order valence-electron chi connectivity index (χ4n) is 2.32. The monoisotopic (exact) mass is 427 g/mol. The lowest BCUT2D eigenvalue weighted by molar-refractivity contribution is -0.144. The number of amides is 1. The van der Waals surface area contributed by atoms with Gasteiger partial charge in [-0.25, -0.2) is 4.79 Å². The van der Waals surface area contributed by atoms with Crippen LogP contribution in [0.15, 0.2) is 39.7 Å². The van der Waals surface area contributed by atoms with Crippen LogP contribution in [-0.2, 0) is 9.59 Å². The molecule has 9 heteroatoms. The van der Waals surface area contributed by atoms with Crippen LogP contribution < -0.4 is 0 Å². The zero-order valence-corrected chi connectivity index (χ0v) is 16.4. The van der Waals surface area contributed by atoms with Crippen LogP contribution >= 0.6 is 47.2 Å². The van der Waals surface area contributed by atoms with Crippen LogP contribution in [0.5, 0.6) is 0 Å². The average molecular weight is 428 g/mol. The number of carboxylic acids is 1. The number of rotatable bonds is 4. The van der Waals surface area contributed by atoms with Crippen molar-refractivity contribution in [2.75, 3.05) is 0 Å². The molecule has 1 fully saturated rings. The summed E-state index contributed by atoms with van der Waals surface area (Å²) < 4.78 is 5.93. The highest BCUT2D eigenvalue weighted by Gasteiger charge is 2.38. The second kappa shape index (κ2) is 7.44. The maximum absolute atomic E-state index is 12.4. The number of carboxylic acid groups (broad SMARTS) is 1. The van der Waals surface area contributed by atoms with Crippen molar-refractivity contribution in [1.82, 2.24) is 4.90 Å². The van der Waals surface area contributed by atoms with Gasteiger partial charge in [0.2, 0.25) is 0 Å². The van der Waals surface area contributed by atoms with E-state index >= 15 is 0 Å². The Morgan fingerprint density at radius 1 is 1.35 bits per heavy atom. The normalized spacial score (nSPS) is 17.2. The molecule has 0 radical (unpaired) electrons. The molecule has 0 aliphatic carbocycles. The largest absolute Gasteiger partial charge is 0.480 e. The number of benzene rings is 1. The first-order valence-electron chi connectivity index (χ1n) is 7.33. The summed E-state index contributed by atoms with van der Waals surface area (Å²) in [6.07, 6.45) is 1.53. The number of thiocarbonyl (C=S) groups is 1. The van der Waals surface area contributed by atoms with E-state index in [0.29, 0.717) is 32.0 Å². The number of hydrogen-bond acceptors (Lipinski definition) is 5. The number of carbonyl (C=O) groups is 2. The first-order chi connectivity index (χ1) is 12.3. The van der Waals surface area contributed by atoms with E-state index in [2.05, 4.69) is 0 Å². The lowest BCUT2D eigenvalue weighted by atomic mass is 10.2. The van der Waals surface area contributed by atoms with E-state index in [1.54, 1.807) is 30.3 Å². The molecule has 1 aromatic carbocycles. The van der Waals surface area contributed by atoms with Crippen LogP contribution in [0, 0.1) is 0 Å².